The molecule has 1 amide bonds. The van der Waals surface area contributed by atoms with Crippen molar-refractivity contribution >= 4 is 23.3 Å². The summed E-state index contributed by atoms with van der Waals surface area (Å²) in [6.07, 6.45) is 7.39. The summed E-state index contributed by atoms with van der Waals surface area (Å²) in [6.45, 7) is 0. The van der Waals surface area contributed by atoms with Gasteiger partial charge >= 0.3 is 0 Å². The van der Waals surface area contributed by atoms with Crippen LogP contribution in [0.3, 0.4) is 0 Å². The molecule has 0 spiro atoms. The van der Waals surface area contributed by atoms with E-state index in [4.69, 9.17) is 11.6 Å². The summed E-state index contributed by atoms with van der Waals surface area (Å²) in [7, 11) is 0. The summed E-state index contributed by atoms with van der Waals surface area (Å²) in [5.41, 5.74) is 0.0123. The van der Waals surface area contributed by atoms with Crippen molar-refractivity contribution in [2.24, 2.45) is 17.8 Å². The van der Waals surface area contributed by atoms with Crippen molar-refractivity contribution in [3.05, 3.63) is 0 Å². The monoisotopic (exact) mass is 269 g/mol. The molecule has 4 bridgehead atoms. The molecule has 4 aliphatic rings. The van der Waals surface area contributed by atoms with Crippen LogP contribution in [0.25, 0.3) is 0 Å². The highest BCUT2D eigenvalue weighted by Crippen LogP contribution is 2.55. The van der Waals surface area contributed by atoms with Crippen LogP contribution in [0.15, 0.2) is 0 Å². The second-order valence-electron chi connectivity index (χ2n) is 6.60. The fourth-order valence-electron chi connectivity index (χ4n) is 4.83. The maximum atomic E-state index is 11.9. The zero-order valence-electron chi connectivity index (χ0n) is 10.6. The number of amides is 1. The molecule has 4 fully saturated rings. The Bertz CT molecular complexity index is 345. The van der Waals surface area contributed by atoms with Gasteiger partial charge in [0.05, 0.1) is 12.3 Å². The largest absolute Gasteiger partial charge is 0.350 e. The van der Waals surface area contributed by atoms with E-state index in [0.717, 1.165) is 37.0 Å². The molecule has 0 atom stereocenters. The minimum Gasteiger partial charge on any atom is -0.350 e. The number of carbonyl (C=O) groups is 2. The molecular weight excluding hydrogens is 250 g/mol. The van der Waals surface area contributed by atoms with Gasteiger partial charge in [-0.25, -0.2) is 0 Å². The minimum atomic E-state index is -0.182. The third kappa shape index (κ3) is 2.29. The Labute approximate surface area is 113 Å². The summed E-state index contributed by atoms with van der Waals surface area (Å²) in [6, 6.07) is 0. The molecule has 0 unspecified atom stereocenters. The molecule has 0 aromatic carbocycles. The third-order valence-electron chi connectivity index (χ3n) is 4.95. The van der Waals surface area contributed by atoms with Crippen LogP contribution in [-0.2, 0) is 9.59 Å². The number of nitrogens with one attached hydrogen (secondary N) is 1. The van der Waals surface area contributed by atoms with E-state index in [-0.39, 0.29) is 29.5 Å². The molecule has 0 heterocycles. The van der Waals surface area contributed by atoms with Gasteiger partial charge in [0.1, 0.15) is 0 Å². The molecular formula is C14H20ClNO2. The Kier molecular flexibility index (Phi) is 3.13. The smallest absolute Gasteiger partial charge is 0.227 e. The number of hydrogen-bond donors (Lipinski definition) is 1. The van der Waals surface area contributed by atoms with E-state index in [1.54, 1.807) is 0 Å². The Morgan fingerprint density at radius 3 is 2.00 bits per heavy atom. The molecule has 0 saturated heterocycles. The summed E-state index contributed by atoms with van der Waals surface area (Å²) < 4.78 is 0. The van der Waals surface area contributed by atoms with Crippen LogP contribution in [0, 0.1) is 17.8 Å². The first-order valence-electron chi connectivity index (χ1n) is 6.97. The van der Waals surface area contributed by atoms with Crippen molar-refractivity contribution in [2.45, 2.75) is 50.5 Å². The van der Waals surface area contributed by atoms with Crippen LogP contribution in [0.2, 0.25) is 0 Å². The summed E-state index contributed by atoms with van der Waals surface area (Å²) >= 11 is 5.44. The maximum absolute atomic E-state index is 11.9. The molecule has 4 heteroatoms. The summed E-state index contributed by atoms with van der Waals surface area (Å²) in [5, 5.41) is 3.17. The van der Waals surface area contributed by atoms with E-state index >= 15 is 0 Å². The zero-order chi connectivity index (χ0) is 12.8. The van der Waals surface area contributed by atoms with Crippen molar-refractivity contribution in [1.82, 2.24) is 5.32 Å². The number of carbonyl (C=O) groups excluding carboxylic acids is 2. The maximum Gasteiger partial charge on any atom is 0.227 e. The fourth-order valence-corrected chi connectivity index (χ4v) is 4.92. The van der Waals surface area contributed by atoms with Crippen LogP contribution >= 0.6 is 11.6 Å². The van der Waals surface area contributed by atoms with Gasteiger partial charge in [-0.05, 0) is 56.3 Å². The lowest BCUT2D eigenvalue weighted by molar-refractivity contribution is -0.131. The molecule has 0 radical (unpaired) electrons. The van der Waals surface area contributed by atoms with E-state index < -0.39 is 0 Å². The Hall–Kier alpha value is -0.570. The minimum absolute atomic E-state index is 0.0123. The molecule has 4 saturated carbocycles. The van der Waals surface area contributed by atoms with E-state index in [1.165, 1.54) is 19.3 Å². The SMILES string of the molecule is O=C(CCl)CC(=O)NC12CC3CC(CC(C3)C1)C2. The molecule has 0 aromatic rings. The lowest BCUT2D eigenvalue weighted by Gasteiger charge is -2.56. The first-order chi connectivity index (χ1) is 8.58. The average molecular weight is 270 g/mol. The van der Waals surface area contributed by atoms with E-state index in [1.807, 2.05) is 0 Å². The Morgan fingerprint density at radius 2 is 1.56 bits per heavy atom. The average Bonchev–Trinajstić information content (AvgIpc) is 2.25. The third-order valence-corrected chi connectivity index (χ3v) is 5.25. The highest BCUT2D eigenvalue weighted by Gasteiger charge is 2.51. The lowest BCUT2D eigenvalue weighted by atomic mass is 9.53. The van der Waals surface area contributed by atoms with Crippen molar-refractivity contribution in [3.8, 4) is 0 Å². The van der Waals surface area contributed by atoms with E-state index in [0.29, 0.717) is 0 Å². The summed E-state index contributed by atoms with van der Waals surface area (Å²) in [4.78, 5) is 23.1. The number of rotatable bonds is 4. The molecule has 18 heavy (non-hydrogen) atoms. The molecule has 3 nitrogen and oxygen atoms in total. The lowest BCUT2D eigenvalue weighted by Crippen LogP contribution is -2.60. The van der Waals surface area contributed by atoms with Crippen LogP contribution in [0.4, 0.5) is 0 Å². The van der Waals surface area contributed by atoms with Crippen molar-refractivity contribution < 1.29 is 9.59 Å². The standard InChI is InChI=1S/C14H20ClNO2/c15-8-12(17)4-13(18)16-14-5-9-1-10(6-14)3-11(2-9)7-14/h9-11H,1-8H2,(H,16,18). The normalized spacial score (nSPS) is 40.8. The molecule has 1 N–H and O–H groups in total. The van der Waals surface area contributed by atoms with Gasteiger partial charge in [-0.2, -0.15) is 0 Å². The highest BCUT2D eigenvalue weighted by atomic mass is 35.5. The van der Waals surface area contributed by atoms with Gasteiger partial charge < -0.3 is 5.32 Å². The number of halogens is 1. The molecule has 0 aromatic heterocycles. The van der Waals surface area contributed by atoms with Crippen LogP contribution < -0.4 is 5.32 Å². The van der Waals surface area contributed by atoms with Gasteiger partial charge in [-0.15, -0.1) is 11.6 Å². The molecule has 4 aliphatic carbocycles. The molecule has 4 rings (SSSR count). The van der Waals surface area contributed by atoms with Gasteiger partial charge in [0.25, 0.3) is 0 Å². The Morgan fingerprint density at radius 1 is 1.06 bits per heavy atom. The van der Waals surface area contributed by atoms with Gasteiger partial charge in [0.15, 0.2) is 5.78 Å². The quantitative estimate of drug-likeness (QED) is 0.629. The van der Waals surface area contributed by atoms with E-state index in [2.05, 4.69) is 5.32 Å². The van der Waals surface area contributed by atoms with Gasteiger partial charge in [-0.3, -0.25) is 9.59 Å². The van der Waals surface area contributed by atoms with Gasteiger partial charge in [0, 0.05) is 5.54 Å². The second-order valence-corrected chi connectivity index (χ2v) is 6.86. The van der Waals surface area contributed by atoms with E-state index in [9.17, 15) is 9.59 Å². The predicted molar refractivity (Wildman–Crippen MR) is 69.4 cm³/mol. The van der Waals surface area contributed by atoms with Gasteiger partial charge in [-0.1, -0.05) is 0 Å². The van der Waals surface area contributed by atoms with Crippen molar-refractivity contribution in [2.75, 3.05) is 5.88 Å². The second kappa shape index (κ2) is 4.52. The molecule has 0 aliphatic heterocycles. The van der Waals surface area contributed by atoms with Crippen LogP contribution in [0.5, 0.6) is 0 Å². The Balaban J connectivity index is 1.65. The molecule has 100 valence electrons. The fraction of sp³-hybridized carbons (Fsp3) is 0.857. The van der Waals surface area contributed by atoms with Gasteiger partial charge in [0.2, 0.25) is 5.91 Å². The number of Topliss-reactive ketones (excluding diaryl/α,β-unsaturated/α-hetero) is 1. The highest BCUT2D eigenvalue weighted by molar-refractivity contribution is 6.29. The number of ketones is 1. The number of hydrogen-bond acceptors (Lipinski definition) is 2. The number of alkyl halides is 1. The topological polar surface area (TPSA) is 46.2 Å². The van der Waals surface area contributed by atoms with Crippen molar-refractivity contribution in [3.63, 3.8) is 0 Å². The predicted octanol–water partition coefficient (Wildman–Crippen LogP) is 2.27. The van der Waals surface area contributed by atoms with Crippen molar-refractivity contribution in [1.29, 1.82) is 0 Å². The summed E-state index contributed by atoms with van der Waals surface area (Å²) in [5.74, 6) is 2.05. The zero-order valence-corrected chi connectivity index (χ0v) is 11.3. The van der Waals surface area contributed by atoms with Crippen LogP contribution in [-0.4, -0.2) is 23.1 Å². The van der Waals surface area contributed by atoms with Crippen LogP contribution in [0.1, 0.15) is 44.9 Å². The first kappa shape index (κ1) is 12.5. The first-order valence-corrected chi connectivity index (χ1v) is 7.51.